The Labute approximate surface area is 97.0 Å². The summed E-state index contributed by atoms with van der Waals surface area (Å²) in [6.07, 6.45) is 2.24. The third-order valence-electron chi connectivity index (χ3n) is 2.62. The highest BCUT2D eigenvalue weighted by Crippen LogP contribution is 2.37. The maximum atomic E-state index is 11.8. The standard InChI is InChI=1S/C10H12N6O/c1-5-4-7(14-13-5)11-10(17)9-12-8(15-16-9)6-2-3-6/h4,6H,2-3H2,1H3,(H,12,15,16)(H2,11,13,14,17). The Morgan fingerprint density at radius 2 is 2.24 bits per heavy atom. The topological polar surface area (TPSA) is 99.3 Å². The number of aromatic nitrogens is 5. The average molecular weight is 232 g/mol. The minimum Gasteiger partial charge on any atom is -0.302 e. The summed E-state index contributed by atoms with van der Waals surface area (Å²) in [5.74, 6) is 1.54. The molecule has 2 aromatic heterocycles. The highest BCUT2D eigenvalue weighted by Gasteiger charge is 2.28. The number of aromatic amines is 2. The minimum absolute atomic E-state index is 0.160. The van der Waals surface area contributed by atoms with E-state index in [9.17, 15) is 4.79 Å². The maximum Gasteiger partial charge on any atom is 0.296 e. The van der Waals surface area contributed by atoms with Gasteiger partial charge in [-0.05, 0) is 19.8 Å². The van der Waals surface area contributed by atoms with Crippen molar-refractivity contribution in [3.05, 3.63) is 23.4 Å². The van der Waals surface area contributed by atoms with Gasteiger partial charge in [0.2, 0.25) is 5.82 Å². The Kier molecular flexibility index (Phi) is 2.17. The van der Waals surface area contributed by atoms with Gasteiger partial charge in [-0.25, -0.2) is 4.98 Å². The largest absolute Gasteiger partial charge is 0.302 e. The highest BCUT2D eigenvalue weighted by molar-refractivity contribution is 6.00. The first kappa shape index (κ1) is 10.0. The lowest BCUT2D eigenvalue weighted by Crippen LogP contribution is -2.14. The van der Waals surface area contributed by atoms with E-state index < -0.39 is 0 Å². The summed E-state index contributed by atoms with van der Waals surface area (Å²) in [4.78, 5) is 15.9. The quantitative estimate of drug-likeness (QED) is 0.734. The molecule has 0 saturated heterocycles. The molecule has 1 aliphatic carbocycles. The Balaban J connectivity index is 1.72. The fourth-order valence-corrected chi connectivity index (χ4v) is 1.57. The number of anilines is 1. The molecule has 7 nitrogen and oxygen atoms in total. The number of amides is 1. The summed E-state index contributed by atoms with van der Waals surface area (Å²) in [5, 5.41) is 16.0. The van der Waals surface area contributed by atoms with E-state index in [1.165, 1.54) is 0 Å². The molecule has 88 valence electrons. The SMILES string of the molecule is Cc1cc(NC(=O)c2n[nH]c(C3CC3)n2)n[nH]1. The first-order valence-electron chi connectivity index (χ1n) is 5.48. The van der Waals surface area contributed by atoms with Gasteiger partial charge in [-0.3, -0.25) is 15.0 Å². The maximum absolute atomic E-state index is 11.8. The molecule has 2 heterocycles. The lowest BCUT2D eigenvalue weighted by Gasteiger charge is -1.95. The number of rotatable bonds is 3. The molecule has 17 heavy (non-hydrogen) atoms. The molecule has 0 atom stereocenters. The van der Waals surface area contributed by atoms with Crippen LogP contribution in [0.3, 0.4) is 0 Å². The number of nitrogens with zero attached hydrogens (tertiary/aromatic N) is 3. The summed E-state index contributed by atoms with van der Waals surface area (Å²) >= 11 is 0. The number of hydrogen-bond acceptors (Lipinski definition) is 4. The van der Waals surface area contributed by atoms with Crippen LogP contribution in [0.15, 0.2) is 6.07 Å². The van der Waals surface area contributed by atoms with Gasteiger partial charge in [0, 0.05) is 17.7 Å². The first-order valence-corrected chi connectivity index (χ1v) is 5.48. The monoisotopic (exact) mass is 232 g/mol. The zero-order valence-electron chi connectivity index (χ0n) is 9.32. The van der Waals surface area contributed by atoms with Crippen molar-refractivity contribution in [2.45, 2.75) is 25.7 Å². The van der Waals surface area contributed by atoms with Gasteiger partial charge in [-0.1, -0.05) is 0 Å². The molecule has 1 amide bonds. The third kappa shape index (κ3) is 2.03. The van der Waals surface area contributed by atoms with Crippen molar-refractivity contribution in [1.82, 2.24) is 25.4 Å². The highest BCUT2D eigenvalue weighted by atomic mass is 16.2. The van der Waals surface area contributed by atoms with E-state index in [1.807, 2.05) is 6.92 Å². The molecule has 7 heteroatoms. The lowest BCUT2D eigenvalue weighted by atomic mass is 10.4. The van der Waals surface area contributed by atoms with Gasteiger partial charge in [0.15, 0.2) is 5.82 Å². The van der Waals surface area contributed by atoms with Crippen molar-refractivity contribution in [3.8, 4) is 0 Å². The summed E-state index contributed by atoms with van der Waals surface area (Å²) in [7, 11) is 0. The molecule has 0 aliphatic heterocycles. The van der Waals surface area contributed by atoms with Crippen LogP contribution in [-0.4, -0.2) is 31.3 Å². The Morgan fingerprint density at radius 1 is 1.41 bits per heavy atom. The summed E-state index contributed by atoms with van der Waals surface area (Å²) in [6.45, 7) is 1.86. The predicted molar refractivity (Wildman–Crippen MR) is 59.6 cm³/mol. The average Bonchev–Trinajstić information content (AvgIpc) is 2.88. The second kappa shape index (κ2) is 3.69. The Morgan fingerprint density at radius 3 is 2.88 bits per heavy atom. The van der Waals surface area contributed by atoms with Crippen LogP contribution in [0.2, 0.25) is 0 Å². The van der Waals surface area contributed by atoms with Gasteiger partial charge in [-0.15, -0.1) is 5.10 Å². The van der Waals surface area contributed by atoms with Gasteiger partial charge in [0.05, 0.1) is 0 Å². The predicted octanol–water partition coefficient (Wildman–Crippen LogP) is 0.966. The second-order valence-corrected chi connectivity index (χ2v) is 4.21. The molecule has 0 bridgehead atoms. The van der Waals surface area contributed by atoms with Gasteiger partial charge < -0.3 is 5.32 Å². The summed E-state index contributed by atoms with van der Waals surface area (Å²) in [6, 6.07) is 1.74. The number of H-pyrrole nitrogens is 2. The van der Waals surface area contributed by atoms with E-state index >= 15 is 0 Å². The van der Waals surface area contributed by atoms with Crippen LogP contribution in [0.1, 0.15) is 40.9 Å². The Bertz CT molecular complexity index is 553. The molecular weight excluding hydrogens is 220 g/mol. The number of aryl methyl sites for hydroxylation is 1. The molecule has 2 aromatic rings. The molecule has 3 rings (SSSR count). The molecular formula is C10H12N6O. The third-order valence-corrected chi connectivity index (χ3v) is 2.62. The number of nitrogens with one attached hydrogen (secondary N) is 3. The van der Waals surface area contributed by atoms with Crippen LogP contribution >= 0.6 is 0 Å². The lowest BCUT2D eigenvalue weighted by molar-refractivity contribution is 0.101. The van der Waals surface area contributed by atoms with E-state index in [0.717, 1.165) is 24.4 Å². The van der Waals surface area contributed by atoms with Crippen molar-refractivity contribution in [2.75, 3.05) is 5.32 Å². The molecule has 0 aromatic carbocycles. The van der Waals surface area contributed by atoms with Crippen LogP contribution in [0.25, 0.3) is 0 Å². The Hall–Kier alpha value is -2.18. The van der Waals surface area contributed by atoms with Gasteiger partial charge in [0.25, 0.3) is 5.91 Å². The molecule has 1 saturated carbocycles. The molecule has 3 N–H and O–H groups in total. The second-order valence-electron chi connectivity index (χ2n) is 4.21. The molecule has 0 spiro atoms. The van der Waals surface area contributed by atoms with Crippen LogP contribution in [0.4, 0.5) is 5.82 Å². The van der Waals surface area contributed by atoms with Gasteiger partial charge in [0.1, 0.15) is 5.82 Å². The van der Waals surface area contributed by atoms with Crippen LogP contribution in [0.5, 0.6) is 0 Å². The van der Waals surface area contributed by atoms with Crippen molar-refractivity contribution in [2.24, 2.45) is 0 Å². The summed E-state index contributed by atoms with van der Waals surface area (Å²) in [5.41, 5.74) is 0.883. The fourth-order valence-electron chi connectivity index (χ4n) is 1.57. The van der Waals surface area contributed by atoms with Crippen LogP contribution < -0.4 is 5.32 Å². The molecule has 1 aliphatic rings. The first-order chi connectivity index (χ1) is 8.22. The van der Waals surface area contributed by atoms with E-state index in [4.69, 9.17) is 0 Å². The molecule has 0 unspecified atom stereocenters. The van der Waals surface area contributed by atoms with Crippen molar-refractivity contribution >= 4 is 11.7 Å². The van der Waals surface area contributed by atoms with Crippen molar-refractivity contribution in [1.29, 1.82) is 0 Å². The van der Waals surface area contributed by atoms with Gasteiger partial charge in [-0.2, -0.15) is 5.10 Å². The molecule has 0 radical (unpaired) electrons. The van der Waals surface area contributed by atoms with E-state index in [0.29, 0.717) is 11.7 Å². The van der Waals surface area contributed by atoms with Crippen molar-refractivity contribution in [3.63, 3.8) is 0 Å². The normalized spacial score (nSPS) is 14.9. The fraction of sp³-hybridized carbons (Fsp3) is 0.400. The minimum atomic E-state index is -0.348. The van der Waals surface area contributed by atoms with Crippen molar-refractivity contribution < 1.29 is 4.79 Å². The van der Waals surface area contributed by atoms with E-state index in [1.54, 1.807) is 6.07 Å². The number of carbonyl (C=O) groups is 1. The summed E-state index contributed by atoms with van der Waals surface area (Å²) < 4.78 is 0. The number of carbonyl (C=O) groups excluding carboxylic acids is 1. The van der Waals surface area contributed by atoms with E-state index in [-0.39, 0.29) is 11.7 Å². The van der Waals surface area contributed by atoms with Crippen LogP contribution in [0, 0.1) is 6.92 Å². The number of hydrogen-bond donors (Lipinski definition) is 3. The van der Waals surface area contributed by atoms with Crippen LogP contribution in [-0.2, 0) is 0 Å². The zero-order chi connectivity index (χ0) is 11.8. The smallest absolute Gasteiger partial charge is 0.296 e. The zero-order valence-corrected chi connectivity index (χ0v) is 9.32. The molecule has 1 fully saturated rings. The van der Waals surface area contributed by atoms with E-state index in [2.05, 4.69) is 30.7 Å². The van der Waals surface area contributed by atoms with Gasteiger partial charge >= 0.3 is 0 Å².